The van der Waals surface area contributed by atoms with Crippen LogP contribution in [0.25, 0.3) is 0 Å². The first-order chi connectivity index (χ1) is 4.61. The van der Waals surface area contributed by atoms with Gasteiger partial charge in [-0.05, 0) is 6.92 Å². The lowest BCUT2D eigenvalue weighted by Gasteiger charge is -2.30. The molecule has 0 spiro atoms. The second-order valence-electron chi connectivity index (χ2n) is 2.95. The van der Waals surface area contributed by atoms with Gasteiger partial charge in [0, 0.05) is 0 Å². The first kappa shape index (κ1) is 6.54. The van der Waals surface area contributed by atoms with Crippen LogP contribution < -0.4 is 0 Å². The van der Waals surface area contributed by atoms with Gasteiger partial charge in [0.1, 0.15) is 18.3 Å². The number of rotatable bonds is 0. The maximum Gasteiger partial charge on any atom is 0.191 e. The first-order valence-electron chi connectivity index (χ1n) is 3.31. The zero-order chi connectivity index (χ0) is 7.35. The molecule has 2 aliphatic rings. The second kappa shape index (κ2) is 1.71. The minimum Gasteiger partial charge on any atom is -0.385 e. The van der Waals surface area contributed by atoms with Gasteiger partial charge in [-0.2, -0.15) is 0 Å². The Morgan fingerprint density at radius 3 is 2.90 bits per heavy atom. The van der Waals surface area contributed by atoms with Crippen molar-refractivity contribution in [3.8, 4) is 0 Å². The number of hydrogen-bond acceptors (Lipinski definition) is 4. The number of fused-ring (bicyclic) bond motifs is 1. The van der Waals surface area contributed by atoms with Crippen molar-refractivity contribution >= 4 is 0 Å². The molecule has 10 heavy (non-hydrogen) atoms. The molecule has 4 unspecified atom stereocenters. The van der Waals surface area contributed by atoms with Crippen LogP contribution in [0.1, 0.15) is 6.92 Å². The highest BCUT2D eigenvalue weighted by Crippen LogP contribution is 2.36. The van der Waals surface area contributed by atoms with Crippen LogP contribution in [0.4, 0.5) is 0 Å². The average molecular weight is 146 g/mol. The lowest BCUT2D eigenvalue weighted by atomic mass is 10.0. The van der Waals surface area contributed by atoms with E-state index in [2.05, 4.69) is 0 Å². The largest absolute Gasteiger partial charge is 0.385 e. The Kier molecular flexibility index (Phi) is 1.12. The van der Waals surface area contributed by atoms with Gasteiger partial charge in [0.2, 0.25) is 0 Å². The molecular formula is C6H10O4. The molecule has 0 saturated carbocycles. The van der Waals surface area contributed by atoms with Gasteiger partial charge in [-0.15, -0.1) is 0 Å². The van der Waals surface area contributed by atoms with Gasteiger partial charge < -0.3 is 19.7 Å². The molecule has 4 atom stereocenters. The van der Waals surface area contributed by atoms with Crippen molar-refractivity contribution in [2.24, 2.45) is 0 Å². The molecule has 2 N–H and O–H groups in total. The molecule has 0 aromatic rings. The maximum atomic E-state index is 9.29. The van der Waals surface area contributed by atoms with Crippen molar-refractivity contribution in [3.05, 3.63) is 0 Å². The number of hydrogen-bond donors (Lipinski definition) is 2. The molecule has 2 fully saturated rings. The summed E-state index contributed by atoms with van der Waals surface area (Å²) in [7, 11) is 0. The maximum absolute atomic E-state index is 9.29. The molecule has 0 radical (unpaired) electrons. The number of aliphatic hydroxyl groups is 2. The Hall–Kier alpha value is -0.160. The van der Waals surface area contributed by atoms with Gasteiger partial charge in [-0.3, -0.25) is 0 Å². The number of aliphatic hydroxyl groups excluding tert-OH is 1. The van der Waals surface area contributed by atoms with Crippen molar-refractivity contribution in [3.63, 3.8) is 0 Å². The normalized spacial score (nSPS) is 59.7. The van der Waals surface area contributed by atoms with E-state index in [4.69, 9.17) is 9.47 Å². The van der Waals surface area contributed by atoms with Gasteiger partial charge in [-0.25, -0.2) is 0 Å². The van der Waals surface area contributed by atoms with Crippen LogP contribution in [0.15, 0.2) is 0 Å². The van der Waals surface area contributed by atoms with Crippen LogP contribution in [0, 0.1) is 0 Å². The monoisotopic (exact) mass is 146 g/mol. The highest BCUT2D eigenvalue weighted by molar-refractivity contribution is 4.99. The van der Waals surface area contributed by atoms with E-state index in [9.17, 15) is 10.2 Å². The van der Waals surface area contributed by atoms with E-state index >= 15 is 0 Å². The van der Waals surface area contributed by atoms with E-state index in [1.165, 1.54) is 6.92 Å². The highest BCUT2D eigenvalue weighted by atomic mass is 16.7. The summed E-state index contributed by atoms with van der Waals surface area (Å²) in [4.78, 5) is 0. The molecule has 4 heteroatoms. The summed E-state index contributed by atoms with van der Waals surface area (Å²) in [6.45, 7) is 1.82. The van der Waals surface area contributed by atoms with E-state index in [1.54, 1.807) is 0 Å². The topological polar surface area (TPSA) is 62.2 Å². The molecule has 58 valence electrons. The van der Waals surface area contributed by atoms with Crippen LogP contribution in [-0.2, 0) is 9.47 Å². The molecule has 2 heterocycles. The van der Waals surface area contributed by atoms with Gasteiger partial charge in [0.05, 0.1) is 6.61 Å². The van der Waals surface area contributed by atoms with Crippen LogP contribution in [-0.4, -0.2) is 40.9 Å². The molecule has 0 aliphatic carbocycles. The van der Waals surface area contributed by atoms with E-state index in [-0.39, 0.29) is 12.2 Å². The Morgan fingerprint density at radius 2 is 2.30 bits per heavy atom. The third-order valence-corrected chi connectivity index (χ3v) is 2.02. The summed E-state index contributed by atoms with van der Waals surface area (Å²) in [5, 5.41) is 18.5. The van der Waals surface area contributed by atoms with E-state index in [1.807, 2.05) is 0 Å². The Balaban J connectivity index is 2.11. The quantitative estimate of drug-likeness (QED) is 0.424. The van der Waals surface area contributed by atoms with Gasteiger partial charge in [-0.1, -0.05) is 0 Å². The number of ether oxygens (including phenoxy) is 2. The smallest absolute Gasteiger partial charge is 0.191 e. The second-order valence-corrected chi connectivity index (χ2v) is 2.95. The van der Waals surface area contributed by atoms with Crippen LogP contribution in [0.2, 0.25) is 0 Å². The summed E-state index contributed by atoms with van der Waals surface area (Å²) in [5.74, 6) is -1.42. The zero-order valence-electron chi connectivity index (χ0n) is 5.65. The van der Waals surface area contributed by atoms with Crippen LogP contribution in [0.3, 0.4) is 0 Å². The number of epoxide rings is 1. The molecule has 0 aromatic heterocycles. The minimum absolute atomic E-state index is 0.00947. The fourth-order valence-electron chi connectivity index (χ4n) is 1.21. The van der Waals surface area contributed by atoms with Gasteiger partial charge >= 0.3 is 0 Å². The van der Waals surface area contributed by atoms with Crippen LogP contribution in [0.5, 0.6) is 0 Å². The van der Waals surface area contributed by atoms with Crippen molar-refractivity contribution in [1.29, 1.82) is 0 Å². The Morgan fingerprint density at radius 1 is 1.60 bits per heavy atom. The van der Waals surface area contributed by atoms with E-state index < -0.39 is 11.9 Å². The molecular weight excluding hydrogens is 136 g/mol. The third-order valence-electron chi connectivity index (χ3n) is 2.02. The average Bonchev–Trinajstić information content (AvgIpc) is 2.58. The van der Waals surface area contributed by atoms with E-state index in [0.29, 0.717) is 6.61 Å². The molecule has 2 aliphatic heterocycles. The lowest BCUT2D eigenvalue weighted by molar-refractivity contribution is -0.255. The summed E-state index contributed by atoms with van der Waals surface area (Å²) in [5.41, 5.74) is 0. The molecule has 0 bridgehead atoms. The molecule has 4 nitrogen and oxygen atoms in total. The van der Waals surface area contributed by atoms with Crippen molar-refractivity contribution in [2.75, 3.05) is 6.61 Å². The zero-order valence-corrected chi connectivity index (χ0v) is 5.65. The first-order valence-corrected chi connectivity index (χ1v) is 3.31. The molecule has 2 rings (SSSR count). The van der Waals surface area contributed by atoms with Crippen molar-refractivity contribution in [2.45, 2.75) is 31.0 Å². The van der Waals surface area contributed by atoms with Crippen molar-refractivity contribution in [1.82, 2.24) is 0 Å². The fourth-order valence-corrected chi connectivity index (χ4v) is 1.21. The Bertz CT molecular complexity index is 156. The van der Waals surface area contributed by atoms with Gasteiger partial charge in [0.15, 0.2) is 5.79 Å². The minimum atomic E-state index is -1.42. The summed E-state index contributed by atoms with van der Waals surface area (Å²) >= 11 is 0. The molecule has 0 amide bonds. The van der Waals surface area contributed by atoms with E-state index in [0.717, 1.165) is 0 Å². The summed E-state index contributed by atoms with van der Waals surface area (Å²) in [6.07, 6.45) is -1.09. The molecule has 2 saturated heterocycles. The fraction of sp³-hybridized carbons (Fsp3) is 1.00. The predicted molar refractivity (Wildman–Crippen MR) is 31.2 cm³/mol. The van der Waals surface area contributed by atoms with Gasteiger partial charge in [0.25, 0.3) is 0 Å². The van der Waals surface area contributed by atoms with Crippen LogP contribution >= 0.6 is 0 Å². The van der Waals surface area contributed by atoms with Crippen molar-refractivity contribution < 1.29 is 19.7 Å². The standard InChI is InChI=1S/C6H10O4/c1-6(8)5(7)4-3(10-4)2-9-6/h3-5,7-8H,2H2,1H3. The third kappa shape index (κ3) is 0.769. The highest BCUT2D eigenvalue weighted by Gasteiger charge is 2.56. The molecule has 0 aromatic carbocycles. The lowest BCUT2D eigenvalue weighted by Crippen LogP contribution is -2.50. The predicted octanol–water partition coefficient (Wildman–Crippen LogP) is -1.15. The summed E-state index contributed by atoms with van der Waals surface area (Å²) in [6, 6.07) is 0. The Labute approximate surface area is 58.4 Å². The SMILES string of the molecule is CC1(O)OCC2OC2C1O. The summed E-state index contributed by atoms with van der Waals surface area (Å²) < 4.78 is 9.90.